The summed E-state index contributed by atoms with van der Waals surface area (Å²) in [6.45, 7) is 2.03. The number of amides is 1. The Balaban J connectivity index is 1.65. The Morgan fingerprint density at radius 2 is 1.78 bits per heavy atom. The molecule has 5 rings (SSSR count). The molecule has 1 saturated carbocycles. The van der Waals surface area contributed by atoms with Crippen LogP contribution in [0.4, 0.5) is 22.1 Å². The summed E-state index contributed by atoms with van der Waals surface area (Å²) in [5, 5.41) is 10.2. The molecule has 1 N–H and O–H groups in total. The van der Waals surface area contributed by atoms with E-state index in [0.29, 0.717) is 17.9 Å². The number of aromatic nitrogens is 2. The summed E-state index contributed by atoms with van der Waals surface area (Å²) in [6.07, 6.45) is 4.09. The summed E-state index contributed by atoms with van der Waals surface area (Å²) in [5.41, 5.74) is 4.72. The van der Waals surface area contributed by atoms with Crippen molar-refractivity contribution in [3.63, 3.8) is 0 Å². The summed E-state index contributed by atoms with van der Waals surface area (Å²) in [6, 6.07) is 11.8. The van der Waals surface area contributed by atoms with Crippen molar-refractivity contribution in [2.45, 2.75) is 57.5 Å². The summed E-state index contributed by atoms with van der Waals surface area (Å²) in [4.78, 5) is 33.1. The highest BCUT2D eigenvalue weighted by Gasteiger charge is 2.34. The van der Waals surface area contributed by atoms with E-state index in [2.05, 4.69) is 9.47 Å². The van der Waals surface area contributed by atoms with E-state index >= 15 is 0 Å². The number of rotatable bonds is 4. The Bertz CT molecular complexity index is 1300. The van der Waals surface area contributed by atoms with Gasteiger partial charge in [-0.1, -0.05) is 11.6 Å². The van der Waals surface area contributed by atoms with Crippen LogP contribution in [0.2, 0.25) is 5.02 Å². The number of hydrogen-bond acceptors (Lipinski definition) is 5. The smallest absolute Gasteiger partial charge is 0.414 e. The van der Waals surface area contributed by atoms with Crippen LogP contribution in [0.25, 0.3) is 11.0 Å². The number of imidazole rings is 1. The van der Waals surface area contributed by atoms with Crippen LogP contribution < -0.4 is 9.80 Å². The number of aryl methyl sites for hydroxylation is 1. The van der Waals surface area contributed by atoms with Gasteiger partial charge in [0.1, 0.15) is 0 Å². The monoisotopic (exact) mass is 510 g/mol. The normalized spacial score (nSPS) is 21.8. The van der Waals surface area contributed by atoms with Crippen LogP contribution in [-0.4, -0.2) is 46.9 Å². The maximum Gasteiger partial charge on any atom is 0.414 e. The molecule has 8 nitrogen and oxygen atoms in total. The van der Waals surface area contributed by atoms with Crippen LogP contribution in [-0.2, 0) is 16.0 Å². The summed E-state index contributed by atoms with van der Waals surface area (Å²) in [7, 11) is 3.39. The molecule has 1 amide bonds. The number of carboxylic acid groups (broad SMARTS) is 1. The first-order chi connectivity index (χ1) is 17.3. The van der Waals surface area contributed by atoms with E-state index in [1.165, 1.54) is 7.11 Å². The number of fused-ring (bicyclic) bond motifs is 3. The quantitative estimate of drug-likeness (QED) is 0.451. The average molecular weight is 511 g/mol. The Hall–Kier alpha value is -3.26. The molecule has 2 heterocycles. The fourth-order valence-corrected chi connectivity index (χ4v) is 5.85. The van der Waals surface area contributed by atoms with E-state index in [1.807, 2.05) is 50.4 Å². The number of ether oxygens (including phenoxy) is 1. The number of hydrogen-bond donors (Lipinski definition) is 1. The first-order valence-electron chi connectivity index (χ1n) is 12.4. The third-order valence-corrected chi connectivity index (χ3v) is 7.98. The van der Waals surface area contributed by atoms with Gasteiger partial charge in [-0.25, -0.2) is 9.78 Å². The SMILES string of the molecule is COC(=O)N1c2ccc3c(nc(N(C)c4ccc(Cl)cc4)n3[C@H]3CC[C@H](C(=O)O)CC3)c2CC[C@@H]1C. The fourth-order valence-electron chi connectivity index (χ4n) is 5.72. The number of benzene rings is 2. The molecule has 1 fully saturated rings. The zero-order valence-corrected chi connectivity index (χ0v) is 21.5. The minimum absolute atomic E-state index is 0.0343. The van der Waals surface area contributed by atoms with Crippen molar-refractivity contribution in [1.82, 2.24) is 9.55 Å². The van der Waals surface area contributed by atoms with Crippen LogP contribution in [0.3, 0.4) is 0 Å². The van der Waals surface area contributed by atoms with Gasteiger partial charge in [0.15, 0.2) is 0 Å². The van der Waals surface area contributed by atoms with E-state index in [0.717, 1.165) is 59.6 Å². The molecule has 1 aromatic heterocycles. The standard InChI is InChI=1S/C27H31ClN4O4/c1-16-4-13-21-22(31(16)27(35)36-3)14-15-23-24(21)29-26(30(2)19-11-7-18(28)8-12-19)32(23)20-9-5-17(6-10-20)25(33)34/h7-8,11-12,14-17,20H,4-6,9-10,13H2,1-3H3,(H,33,34)/t16-,17-,20-/m0/s1. The van der Waals surface area contributed by atoms with Crippen LogP contribution >= 0.6 is 11.6 Å². The van der Waals surface area contributed by atoms with Gasteiger partial charge in [-0.3, -0.25) is 9.69 Å². The molecule has 1 atom stereocenters. The van der Waals surface area contributed by atoms with E-state index in [-0.39, 0.29) is 24.1 Å². The van der Waals surface area contributed by atoms with E-state index in [9.17, 15) is 14.7 Å². The summed E-state index contributed by atoms with van der Waals surface area (Å²) >= 11 is 6.13. The molecule has 190 valence electrons. The lowest BCUT2D eigenvalue weighted by molar-refractivity contribution is -0.143. The number of halogens is 1. The van der Waals surface area contributed by atoms with Crippen LogP contribution in [0.5, 0.6) is 0 Å². The van der Waals surface area contributed by atoms with Crippen molar-refractivity contribution in [1.29, 1.82) is 0 Å². The van der Waals surface area contributed by atoms with Crippen molar-refractivity contribution < 1.29 is 19.4 Å². The topological polar surface area (TPSA) is 87.9 Å². The molecule has 0 saturated heterocycles. The molecular formula is C27H31ClN4O4. The Labute approximate surface area is 215 Å². The second-order valence-electron chi connectivity index (χ2n) is 9.82. The molecule has 2 aromatic carbocycles. The van der Waals surface area contributed by atoms with Gasteiger partial charge in [0.2, 0.25) is 5.95 Å². The van der Waals surface area contributed by atoms with Gasteiger partial charge in [0.25, 0.3) is 0 Å². The third-order valence-electron chi connectivity index (χ3n) is 7.73. The molecule has 0 unspecified atom stereocenters. The number of methoxy groups -OCH3 is 1. The summed E-state index contributed by atoms with van der Waals surface area (Å²) in [5.74, 6) is -0.215. The zero-order valence-electron chi connectivity index (χ0n) is 20.8. The van der Waals surface area contributed by atoms with Gasteiger partial charge in [0.05, 0.1) is 29.7 Å². The molecule has 1 aliphatic carbocycles. The van der Waals surface area contributed by atoms with Crippen molar-refractivity contribution in [3.8, 4) is 0 Å². The number of carbonyl (C=O) groups excluding carboxylic acids is 1. The second-order valence-corrected chi connectivity index (χ2v) is 10.3. The van der Waals surface area contributed by atoms with Crippen molar-refractivity contribution in [2.24, 2.45) is 5.92 Å². The third kappa shape index (κ3) is 4.17. The predicted octanol–water partition coefficient (Wildman–Crippen LogP) is 6.18. The maximum absolute atomic E-state index is 12.6. The average Bonchev–Trinajstić information content (AvgIpc) is 3.28. The highest BCUT2D eigenvalue weighted by atomic mass is 35.5. The molecule has 2 aliphatic rings. The molecule has 0 spiro atoms. The van der Waals surface area contributed by atoms with Gasteiger partial charge < -0.3 is 19.3 Å². The second kappa shape index (κ2) is 9.65. The summed E-state index contributed by atoms with van der Waals surface area (Å²) < 4.78 is 7.35. The van der Waals surface area contributed by atoms with Crippen molar-refractivity contribution in [3.05, 3.63) is 47.0 Å². The Kier molecular flexibility index (Phi) is 6.55. The van der Waals surface area contributed by atoms with E-state index < -0.39 is 5.97 Å². The molecule has 0 bridgehead atoms. The van der Waals surface area contributed by atoms with E-state index in [1.54, 1.807) is 4.90 Å². The molecule has 0 radical (unpaired) electrons. The van der Waals surface area contributed by atoms with Crippen LogP contribution in [0.1, 0.15) is 50.6 Å². The molecule has 36 heavy (non-hydrogen) atoms. The highest BCUT2D eigenvalue weighted by Crippen LogP contribution is 2.43. The van der Waals surface area contributed by atoms with Gasteiger partial charge in [-0.2, -0.15) is 0 Å². The largest absolute Gasteiger partial charge is 0.481 e. The molecule has 3 aromatic rings. The number of carboxylic acids is 1. The van der Waals surface area contributed by atoms with Crippen LogP contribution in [0.15, 0.2) is 36.4 Å². The van der Waals surface area contributed by atoms with Crippen molar-refractivity contribution in [2.75, 3.05) is 24.0 Å². The minimum atomic E-state index is -0.714. The van der Waals surface area contributed by atoms with Gasteiger partial charge in [-0.15, -0.1) is 0 Å². The molecule has 9 heteroatoms. The Morgan fingerprint density at radius 1 is 1.08 bits per heavy atom. The van der Waals surface area contributed by atoms with Crippen molar-refractivity contribution >= 4 is 52.0 Å². The van der Waals surface area contributed by atoms with Gasteiger partial charge >= 0.3 is 12.1 Å². The lowest BCUT2D eigenvalue weighted by Gasteiger charge is -2.34. The first kappa shape index (κ1) is 24.4. The zero-order chi connectivity index (χ0) is 25.6. The van der Waals surface area contributed by atoms with Crippen LogP contribution in [0, 0.1) is 5.92 Å². The van der Waals surface area contributed by atoms with E-state index in [4.69, 9.17) is 21.3 Å². The maximum atomic E-state index is 12.6. The lowest BCUT2D eigenvalue weighted by Crippen LogP contribution is -2.42. The number of aliphatic carboxylic acids is 1. The number of carbonyl (C=O) groups is 2. The number of anilines is 3. The molecular weight excluding hydrogens is 480 g/mol. The number of nitrogens with zero attached hydrogens (tertiary/aromatic N) is 4. The highest BCUT2D eigenvalue weighted by molar-refractivity contribution is 6.30. The Morgan fingerprint density at radius 3 is 2.42 bits per heavy atom. The minimum Gasteiger partial charge on any atom is -0.481 e. The van der Waals surface area contributed by atoms with Gasteiger partial charge in [-0.05, 0) is 81.8 Å². The van der Waals surface area contributed by atoms with Gasteiger partial charge in [0, 0.05) is 35.4 Å². The fraction of sp³-hybridized carbons (Fsp3) is 0.444. The molecule has 1 aliphatic heterocycles. The first-order valence-corrected chi connectivity index (χ1v) is 12.8. The predicted molar refractivity (Wildman–Crippen MR) is 141 cm³/mol. The lowest BCUT2D eigenvalue weighted by atomic mass is 9.86.